The molecule has 6 rings (SSSR count). The Morgan fingerprint density at radius 1 is 0.775 bits per heavy atom. The molecule has 2 amide bonds. The molecule has 0 radical (unpaired) electrons. The number of rotatable bonds is 15. The molecule has 10 atom stereocenters. The Balaban J connectivity index is 0.000000248. The lowest BCUT2D eigenvalue weighted by molar-refractivity contribution is -0.137. The highest BCUT2D eigenvalue weighted by Crippen LogP contribution is 2.71. The molecule has 1 N–H and O–H groups in total. The molecule has 2 aliphatic heterocycles. The number of alkyl halides is 3. The molecule has 0 aromatic heterocycles. The highest BCUT2D eigenvalue weighted by Gasteiger charge is 2.74. The van der Waals surface area contributed by atoms with Crippen molar-refractivity contribution in [1.29, 1.82) is 0 Å². The number of aliphatic hydroxyl groups excluding tert-OH is 1. The van der Waals surface area contributed by atoms with Gasteiger partial charge in [-0.05, 0) is 115 Å². The molecule has 13 nitrogen and oxygen atoms in total. The van der Waals surface area contributed by atoms with Crippen LogP contribution in [0, 0.1) is 50.7 Å². The largest absolute Gasteiger partial charge is 0.522 e. The van der Waals surface area contributed by atoms with E-state index in [9.17, 15) is 53.1 Å². The van der Waals surface area contributed by atoms with E-state index in [-0.39, 0.29) is 67.7 Å². The second kappa shape index (κ2) is 20.4. The van der Waals surface area contributed by atoms with Crippen molar-refractivity contribution in [3.8, 4) is 0 Å². The Labute approximate surface area is 429 Å². The minimum atomic E-state index is -5.48. The number of nitrogens with zero attached hydrogens (tertiary/aromatic N) is 2. The van der Waals surface area contributed by atoms with Crippen LogP contribution in [0.5, 0.6) is 0 Å². The van der Waals surface area contributed by atoms with Crippen molar-refractivity contribution in [1.82, 2.24) is 8.61 Å². The second-order valence-electron chi connectivity index (χ2n) is 26.1. The number of halogens is 3. The molecule has 2 heterocycles. The van der Waals surface area contributed by atoms with Crippen molar-refractivity contribution in [2.45, 2.75) is 214 Å². The lowest BCUT2D eigenvalue weighted by Gasteiger charge is -2.40. The second-order valence-corrected chi connectivity index (χ2v) is 38.8. The van der Waals surface area contributed by atoms with Gasteiger partial charge in [0.05, 0.1) is 47.6 Å². The van der Waals surface area contributed by atoms with Crippen molar-refractivity contribution in [3.05, 3.63) is 25.3 Å². The number of aliphatic hydroxyl groups is 1. The van der Waals surface area contributed by atoms with E-state index < -0.39 is 82.6 Å². The number of hydrogen-bond acceptors (Lipinski definition) is 11. The van der Waals surface area contributed by atoms with Crippen LogP contribution in [0.15, 0.2) is 25.3 Å². The topological polar surface area (TPSA) is 182 Å². The summed E-state index contributed by atoms with van der Waals surface area (Å²) in [5, 5.41) is 9.70. The van der Waals surface area contributed by atoms with E-state index in [1.807, 2.05) is 13.0 Å². The summed E-state index contributed by atoms with van der Waals surface area (Å²) in [6.45, 7) is 38.7. The molecule has 0 aromatic rings. The Hall–Kier alpha value is -1.63. The maximum absolute atomic E-state index is 13.8. The number of carbonyl (C=O) groups excluding carboxylic acids is 2. The van der Waals surface area contributed by atoms with Gasteiger partial charge in [0.15, 0.2) is 9.76 Å². The predicted octanol–water partition coefficient (Wildman–Crippen LogP) is 9.84. The molecule has 6 fully saturated rings. The van der Waals surface area contributed by atoms with Crippen LogP contribution >= 0.6 is 0 Å². The Bertz CT molecular complexity index is 2350. The van der Waals surface area contributed by atoms with Crippen molar-refractivity contribution >= 4 is 60.1 Å². The van der Waals surface area contributed by atoms with E-state index in [1.165, 1.54) is 17.4 Å². The zero-order valence-corrected chi connectivity index (χ0v) is 50.5. The number of carbonyl (C=O) groups is 2. The summed E-state index contributed by atoms with van der Waals surface area (Å²) in [6, 6.07) is -0.405. The molecule has 2 spiro atoms. The van der Waals surface area contributed by atoms with Crippen LogP contribution in [0.25, 0.3) is 0 Å². The van der Waals surface area contributed by atoms with Crippen molar-refractivity contribution < 1.29 is 61.4 Å². The molecule has 2 saturated heterocycles. The van der Waals surface area contributed by atoms with E-state index in [2.05, 4.69) is 79.3 Å². The fraction of sp³-hybridized carbons (Fsp3) is 0.880. The summed E-state index contributed by atoms with van der Waals surface area (Å²) in [5.74, 6) is -0.701. The molecular weight excluding hydrogens is 1010 g/mol. The minimum Gasteiger partial charge on any atom is -0.420 e. The van der Waals surface area contributed by atoms with Gasteiger partial charge in [-0.3, -0.25) is 9.59 Å². The summed E-state index contributed by atoms with van der Waals surface area (Å²) in [6.07, 6.45) is 10.4. The summed E-state index contributed by atoms with van der Waals surface area (Å²) in [5.41, 5.74) is -5.92. The minimum absolute atomic E-state index is 0.0363. The Morgan fingerprint density at radius 2 is 1.17 bits per heavy atom. The number of hydrogen-bond donors (Lipinski definition) is 1. The maximum Gasteiger partial charge on any atom is 0.522 e. The number of fused-ring (bicyclic) bond motifs is 2. The van der Waals surface area contributed by atoms with E-state index in [0.717, 1.165) is 49.3 Å². The van der Waals surface area contributed by atoms with Gasteiger partial charge in [-0.1, -0.05) is 109 Å². The third-order valence-electron chi connectivity index (χ3n) is 19.6. The molecule has 6 aliphatic rings. The van der Waals surface area contributed by atoms with E-state index in [1.54, 1.807) is 33.8 Å². The monoisotopic (exact) mass is 1100 g/mol. The van der Waals surface area contributed by atoms with Crippen LogP contribution in [-0.4, -0.2) is 110 Å². The van der Waals surface area contributed by atoms with Crippen LogP contribution in [0.3, 0.4) is 0 Å². The van der Waals surface area contributed by atoms with Gasteiger partial charge in [0.1, 0.15) is 0 Å². The van der Waals surface area contributed by atoms with Gasteiger partial charge in [-0.2, -0.15) is 21.6 Å². The fourth-order valence-corrected chi connectivity index (χ4v) is 22.5. The Kier molecular flexibility index (Phi) is 17.8. The zero-order chi connectivity index (χ0) is 54.9. The number of allylic oxidation sites excluding steroid dienone is 2. The molecule has 4 saturated carbocycles. The molecule has 412 valence electrons. The first-order valence-corrected chi connectivity index (χ1v) is 34.3. The van der Waals surface area contributed by atoms with Crippen LogP contribution in [0.4, 0.5) is 13.2 Å². The number of amides is 2. The highest BCUT2D eigenvalue weighted by molar-refractivity contribution is 7.90. The fourth-order valence-electron chi connectivity index (χ4n) is 12.2. The van der Waals surface area contributed by atoms with Gasteiger partial charge in [0.25, 0.3) is 0 Å². The van der Waals surface area contributed by atoms with Crippen LogP contribution in [0.1, 0.15) is 161 Å². The zero-order valence-electron chi connectivity index (χ0n) is 45.7. The third-order valence-corrected chi connectivity index (χ3v) is 32.5. The van der Waals surface area contributed by atoms with Gasteiger partial charge < -0.3 is 13.4 Å². The molecular formula is C50H89F3N2O11S3Si2. The predicted molar refractivity (Wildman–Crippen MR) is 279 cm³/mol. The average Bonchev–Trinajstić information content (AvgIpc) is 3.91. The lowest BCUT2D eigenvalue weighted by Crippen LogP contribution is -2.48. The molecule has 4 aliphatic carbocycles. The summed E-state index contributed by atoms with van der Waals surface area (Å²) in [4.78, 5) is 26.7. The van der Waals surface area contributed by atoms with Crippen LogP contribution < -0.4 is 0 Å². The van der Waals surface area contributed by atoms with Gasteiger partial charge >= 0.3 is 15.6 Å². The first-order valence-electron chi connectivity index (χ1n) is 25.5. The highest BCUT2D eigenvalue weighted by atomic mass is 32.2. The standard InChI is InChI=1S/C25H45NO4SSi.C18H29NO4S.C7H15F3O3SSi/c1-10-11-12-19(30-32-24(8,9)22(3,4)5)17(2)21(27)26-20-15-18-13-14-25(20,23(18,6)7)16-31(26,28)29;1-5-6-7-14(20)12(2)16(21)19-15-10-13-8-9-18(15,17(13,3)4)11-24(19,22)23;1-6(2,3)15(4,5)13-14(11,12)7(8,9)10/h10,17-20H,1,11-16,32H2,2-9H3;5,12-15,20H,1,6-11H2,2-4H3;1-5H3/t17-,18?,19-,20+,25+;12-,13?,14-,15+,18+;/m11./s1. The molecule has 4 bridgehead atoms. The molecule has 2 unspecified atom stereocenters. The van der Waals surface area contributed by atoms with Crippen LogP contribution in [-0.2, 0) is 48.1 Å². The van der Waals surface area contributed by atoms with Gasteiger partial charge in [-0.25, -0.2) is 25.4 Å². The van der Waals surface area contributed by atoms with Gasteiger partial charge in [0, 0.05) is 10.8 Å². The van der Waals surface area contributed by atoms with Gasteiger partial charge in [-0.15, -0.1) is 13.2 Å². The van der Waals surface area contributed by atoms with Crippen LogP contribution in [0.2, 0.25) is 23.2 Å². The van der Waals surface area contributed by atoms with Gasteiger partial charge in [0.2, 0.25) is 40.2 Å². The average molecular weight is 1100 g/mol. The summed E-state index contributed by atoms with van der Waals surface area (Å²) >= 11 is 0. The summed E-state index contributed by atoms with van der Waals surface area (Å²) < 4.78 is 123. The quantitative estimate of drug-likeness (QED) is 0.0937. The maximum atomic E-state index is 13.8. The van der Waals surface area contributed by atoms with E-state index in [0.29, 0.717) is 31.1 Å². The normalized spacial score (nSPS) is 30.9. The molecule has 71 heavy (non-hydrogen) atoms. The molecule has 0 aromatic carbocycles. The van der Waals surface area contributed by atoms with Crippen molar-refractivity contribution in [2.24, 2.45) is 50.7 Å². The number of sulfonamides is 2. The molecule has 21 heteroatoms. The SMILES string of the molecule is C=CCC[C@@H](O)[C@@H](C)C(=O)N1[C@H]2CC3CC[C@@]2(CS1(=O)=O)C3(C)C.C=CCC[C@@H](O[SiH2]C(C)(C)C(C)(C)C)[C@@H](C)C(=O)N1[C@H]2CC3CC[C@@]2(CS1(=O)=O)C3(C)C.CC(C)(C)[Si](C)(C)OS(=O)(=O)C(F)(F)F. The van der Waals surface area contributed by atoms with E-state index >= 15 is 0 Å². The van der Waals surface area contributed by atoms with E-state index in [4.69, 9.17) is 4.43 Å². The summed E-state index contributed by atoms with van der Waals surface area (Å²) in [7, 11) is -16.6. The third kappa shape index (κ3) is 11.3. The smallest absolute Gasteiger partial charge is 0.420 e. The van der Waals surface area contributed by atoms with Crippen molar-refractivity contribution in [3.63, 3.8) is 0 Å². The Morgan fingerprint density at radius 3 is 1.52 bits per heavy atom. The lowest BCUT2D eigenvalue weighted by atomic mass is 9.69. The van der Waals surface area contributed by atoms with Crippen molar-refractivity contribution in [2.75, 3.05) is 11.5 Å². The first-order chi connectivity index (χ1) is 31.8. The first kappa shape index (κ1) is 61.9.